The first-order valence-electron chi connectivity index (χ1n) is 3.38. The predicted octanol–water partition coefficient (Wildman–Crippen LogP) is 1.43. The van der Waals surface area contributed by atoms with Crippen LogP contribution in [0.25, 0.3) is 0 Å². The highest BCUT2D eigenvalue weighted by Crippen LogP contribution is 2.08. The Hall–Kier alpha value is -0.290. The Morgan fingerprint density at radius 2 is 2.00 bits per heavy atom. The fraction of sp³-hybridized carbons (Fsp3) is 0.667. The molecule has 0 heterocycles. The number of carbonyl (C=O) groups excluding carboxylic acids is 1. The van der Waals surface area contributed by atoms with E-state index < -0.39 is 5.24 Å². The number of nitrogens with two attached hydrogens (primary N) is 1. The van der Waals surface area contributed by atoms with Crippen molar-refractivity contribution in [3.05, 3.63) is 0 Å². The van der Waals surface area contributed by atoms with Gasteiger partial charge in [-0.2, -0.15) is 0 Å². The van der Waals surface area contributed by atoms with Gasteiger partial charge in [-0.1, -0.05) is 12.2 Å². The molecule has 2 N–H and O–H groups in total. The number of thioether (sulfide) groups is 1. The Labute approximate surface area is 76.3 Å². The summed E-state index contributed by atoms with van der Waals surface area (Å²) in [6.07, 6.45) is 0. The van der Waals surface area contributed by atoms with Gasteiger partial charge >= 0.3 is 0 Å². The monoisotopic (exact) mass is 192 g/mol. The van der Waals surface area contributed by atoms with Gasteiger partial charge in [-0.3, -0.25) is 4.79 Å². The van der Waals surface area contributed by atoms with E-state index in [1.165, 1.54) is 0 Å². The smallest absolute Gasteiger partial charge is 0.283 e. The van der Waals surface area contributed by atoms with Gasteiger partial charge in [-0.25, -0.2) is 0 Å². The molecule has 0 aromatic carbocycles. The van der Waals surface area contributed by atoms with Gasteiger partial charge in [0.05, 0.1) is 0 Å². The average molecular weight is 192 g/mol. The molecule has 1 amide bonds. The molecule has 0 spiro atoms. The quantitative estimate of drug-likeness (QED) is 0.672. The SMILES string of the molecule is CCN(CC)C(=S)SC(N)=O. The first-order valence-corrected chi connectivity index (χ1v) is 4.60. The van der Waals surface area contributed by atoms with Crippen LogP contribution in [0.1, 0.15) is 13.8 Å². The first-order chi connectivity index (χ1) is 5.11. The third kappa shape index (κ3) is 4.21. The number of hydrogen-bond acceptors (Lipinski definition) is 3. The predicted molar refractivity (Wildman–Crippen MR) is 52.7 cm³/mol. The summed E-state index contributed by atoms with van der Waals surface area (Å²) >= 11 is 5.85. The van der Waals surface area contributed by atoms with Gasteiger partial charge in [0.2, 0.25) is 0 Å². The van der Waals surface area contributed by atoms with Crippen molar-refractivity contribution >= 4 is 33.5 Å². The number of rotatable bonds is 2. The van der Waals surface area contributed by atoms with Crippen LogP contribution in [0.3, 0.4) is 0 Å². The number of thiocarbonyl (C=S) groups is 1. The number of nitrogens with zero attached hydrogens (tertiary/aromatic N) is 1. The molecule has 0 rings (SSSR count). The van der Waals surface area contributed by atoms with Gasteiger partial charge in [-0.05, 0) is 13.8 Å². The molecular weight excluding hydrogens is 180 g/mol. The maximum atomic E-state index is 10.4. The van der Waals surface area contributed by atoms with Crippen molar-refractivity contribution in [1.82, 2.24) is 4.90 Å². The number of primary amides is 1. The van der Waals surface area contributed by atoms with Gasteiger partial charge < -0.3 is 10.6 Å². The second-order valence-corrected chi connectivity index (χ2v) is 3.50. The van der Waals surface area contributed by atoms with Gasteiger partial charge in [0.1, 0.15) is 4.32 Å². The molecule has 0 fully saturated rings. The van der Waals surface area contributed by atoms with E-state index >= 15 is 0 Å². The molecule has 0 aliphatic carbocycles. The summed E-state index contributed by atoms with van der Waals surface area (Å²) < 4.78 is 0.558. The Kier molecular flexibility index (Phi) is 5.23. The van der Waals surface area contributed by atoms with Crippen molar-refractivity contribution in [2.45, 2.75) is 13.8 Å². The molecule has 0 aliphatic heterocycles. The molecular formula is C6H12N2OS2. The molecule has 0 atom stereocenters. The van der Waals surface area contributed by atoms with Crippen LogP contribution in [-0.2, 0) is 0 Å². The van der Waals surface area contributed by atoms with Crippen molar-refractivity contribution in [2.75, 3.05) is 13.1 Å². The fourth-order valence-electron chi connectivity index (χ4n) is 0.632. The highest BCUT2D eigenvalue weighted by atomic mass is 32.2. The van der Waals surface area contributed by atoms with Gasteiger partial charge in [-0.15, -0.1) is 0 Å². The minimum Gasteiger partial charge on any atom is -0.360 e. The van der Waals surface area contributed by atoms with Crippen LogP contribution in [-0.4, -0.2) is 27.5 Å². The summed E-state index contributed by atoms with van der Waals surface area (Å²) in [6.45, 7) is 5.60. The van der Waals surface area contributed by atoms with Gasteiger partial charge in [0.15, 0.2) is 0 Å². The Bertz CT molecular complexity index is 157. The van der Waals surface area contributed by atoms with Crippen LogP contribution >= 0.6 is 24.0 Å². The van der Waals surface area contributed by atoms with Crippen molar-refractivity contribution in [2.24, 2.45) is 5.73 Å². The lowest BCUT2D eigenvalue weighted by Crippen LogP contribution is -2.28. The van der Waals surface area contributed by atoms with Gasteiger partial charge in [0, 0.05) is 24.9 Å². The zero-order chi connectivity index (χ0) is 8.85. The molecule has 0 unspecified atom stereocenters. The van der Waals surface area contributed by atoms with E-state index in [1.807, 2.05) is 18.7 Å². The molecule has 0 saturated heterocycles. The highest BCUT2D eigenvalue weighted by Gasteiger charge is 2.08. The van der Waals surface area contributed by atoms with Crippen molar-refractivity contribution in [3.8, 4) is 0 Å². The number of amides is 1. The lowest BCUT2D eigenvalue weighted by molar-refractivity contribution is 0.267. The van der Waals surface area contributed by atoms with Crippen molar-refractivity contribution < 1.29 is 4.79 Å². The third-order valence-corrected chi connectivity index (χ3v) is 2.35. The fourth-order valence-corrected chi connectivity index (χ4v) is 1.70. The maximum absolute atomic E-state index is 10.4. The van der Waals surface area contributed by atoms with Crippen LogP contribution < -0.4 is 5.73 Å². The molecule has 5 heteroatoms. The minimum absolute atomic E-state index is 0.443. The van der Waals surface area contributed by atoms with Crippen LogP contribution in [0.15, 0.2) is 0 Å². The van der Waals surface area contributed by atoms with E-state index in [1.54, 1.807) is 0 Å². The second-order valence-electron chi connectivity index (χ2n) is 1.86. The number of carbonyl (C=O) groups is 1. The highest BCUT2D eigenvalue weighted by molar-refractivity contribution is 8.32. The molecule has 0 radical (unpaired) electrons. The largest absolute Gasteiger partial charge is 0.360 e. The minimum atomic E-state index is -0.443. The topological polar surface area (TPSA) is 46.3 Å². The summed E-state index contributed by atoms with van der Waals surface area (Å²) in [4.78, 5) is 12.3. The summed E-state index contributed by atoms with van der Waals surface area (Å²) in [5, 5.41) is -0.443. The summed E-state index contributed by atoms with van der Waals surface area (Å²) in [5.74, 6) is 0. The Morgan fingerprint density at radius 3 is 2.27 bits per heavy atom. The molecule has 0 aromatic heterocycles. The van der Waals surface area contributed by atoms with E-state index in [0.29, 0.717) is 4.32 Å². The Balaban J connectivity index is 3.89. The lowest BCUT2D eigenvalue weighted by atomic mass is 10.6. The van der Waals surface area contributed by atoms with Crippen LogP contribution in [0.4, 0.5) is 4.79 Å². The van der Waals surface area contributed by atoms with E-state index in [0.717, 1.165) is 24.9 Å². The van der Waals surface area contributed by atoms with Crippen LogP contribution in [0.5, 0.6) is 0 Å². The lowest BCUT2D eigenvalue weighted by Gasteiger charge is -2.19. The standard InChI is InChI=1S/C6H12N2OS2/c1-3-8(4-2)6(10)11-5(7)9/h3-4H2,1-2H3,(H2,7,9). The molecule has 3 nitrogen and oxygen atoms in total. The molecule has 0 aromatic rings. The molecule has 11 heavy (non-hydrogen) atoms. The maximum Gasteiger partial charge on any atom is 0.283 e. The van der Waals surface area contributed by atoms with Crippen molar-refractivity contribution in [1.29, 1.82) is 0 Å². The Morgan fingerprint density at radius 1 is 1.55 bits per heavy atom. The zero-order valence-electron chi connectivity index (χ0n) is 6.66. The molecule has 0 saturated carbocycles. The van der Waals surface area contributed by atoms with E-state index in [4.69, 9.17) is 18.0 Å². The average Bonchev–Trinajstić information content (AvgIpc) is 1.88. The molecule has 0 aliphatic rings. The summed E-state index contributed by atoms with van der Waals surface area (Å²) in [5.41, 5.74) is 4.95. The molecule has 64 valence electrons. The van der Waals surface area contributed by atoms with E-state index in [9.17, 15) is 4.79 Å². The molecule has 0 bridgehead atoms. The second kappa shape index (κ2) is 5.37. The third-order valence-electron chi connectivity index (χ3n) is 1.21. The van der Waals surface area contributed by atoms with E-state index in [2.05, 4.69) is 0 Å². The normalized spacial score (nSPS) is 9.27. The van der Waals surface area contributed by atoms with Crippen LogP contribution in [0.2, 0.25) is 0 Å². The first kappa shape index (κ1) is 10.7. The van der Waals surface area contributed by atoms with Gasteiger partial charge in [0.25, 0.3) is 5.24 Å². The van der Waals surface area contributed by atoms with E-state index in [-0.39, 0.29) is 0 Å². The zero-order valence-corrected chi connectivity index (χ0v) is 8.30. The number of hydrogen-bond donors (Lipinski definition) is 1. The summed E-state index contributed by atoms with van der Waals surface area (Å²) in [6, 6.07) is 0. The van der Waals surface area contributed by atoms with Crippen molar-refractivity contribution in [3.63, 3.8) is 0 Å². The van der Waals surface area contributed by atoms with Crippen LogP contribution in [0, 0.1) is 0 Å². The summed E-state index contributed by atoms with van der Waals surface area (Å²) in [7, 11) is 0.